The molecule has 0 atom stereocenters. The quantitative estimate of drug-likeness (QED) is 0.780. The first-order chi connectivity index (χ1) is 12.1. The average Bonchev–Trinajstić information content (AvgIpc) is 2.53. The third-order valence-corrected chi connectivity index (χ3v) is 5.70. The van der Waals surface area contributed by atoms with Crippen LogP contribution in [0, 0.1) is 0 Å². The van der Waals surface area contributed by atoms with Gasteiger partial charge in [-0.05, 0) is 42.7 Å². The molecule has 2 aromatic rings. The normalized spacial score (nSPS) is 19.0. The van der Waals surface area contributed by atoms with Crippen LogP contribution < -0.4 is 14.8 Å². The Balaban J connectivity index is 1.50. The highest BCUT2D eigenvalue weighted by Crippen LogP contribution is 2.45. The van der Waals surface area contributed by atoms with Gasteiger partial charge in [-0.2, -0.15) is 0 Å². The van der Waals surface area contributed by atoms with Gasteiger partial charge in [-0.1, -0.05) is 41.8 Å². The van der Waals surface area contributed by atoms with Crippen molar-refractivity contribution in [1.82, 2.24) is 5.32 Å². The third-order valence-electron chi connectivity index (χ3n) is 5.21. The SMILES string of the molecule is Clc1ccc(C2(COc3ccc(Cl)cc3OC3CNC3)CCC2)cc1. The maximum atomic E-state index is 6.22. The minimum Gasteiger partial charge on any atom is -0.489 e. The molecule has 5 heteroatoms. The van der Waals surface area contributed by atoms with Crippen LogP contribution in [0.1, 0.15) is 24.8 Å². The number of nitrogens with one attached hydrogen (secondary N) is 1. The summed E-state index contributed by atoms with van der Waals surface area (Å²) in [7, 11) is 0. The van der Waals surface area contributed by atoms with Gasteiger partial charge >= 0.3 is 0 Å². The van der Waals surface area contributed by atoms with E-state index in [9.17, 15) is 0 Å². The van der Waals surface area contributed by atoms with Gasteiger partial charge in [0.05, 0.1) is 6.61 Å². The van der Waals surface area contributed by atoms with Crippen molar-refractivity contribution in [2.75, 3.05) is 19.7 Å². The summed E-state index contributed by atoms with van der Waals surface area (Å²) in [4.78, 5) is 0. The van der Waals surface area contributed by atoms with Gasteiger partial charge in [0.1, 0.15) is 6.10 Å². The molecular formula is C20H21Cl2NO2. The fraction of sp³-hybridized carbons (Fsp3) is 0.400. The highest BCUT2D eigenvalue weighted by atomic mass is 35.5. The molecule has 2 fully saturated rings. The van der Waals surface area contributed by atoms with Gasteiger partial charge < -0.3 is 14.8 Å². The summed E-state index contributed by atoms with van der Waals surface area (Å²) in [5.41, 5.74) is 1.36. The average molecular weight is 378 g/mol. The first-order valence-electron chi connectivity index (χ1n) is 8.70. The van der Waals surface area contributed by atoms with E-state index in [-0.39, 0.29) is 11.5 Å². The van der Waals surface area contributed by atoms with Crippen molar-refractivity contribution < 1.29 is 9.47 Å². The summed E-state index contributed by atoms with van der Waals surface area (Å²) < 4.78 is 12.2. The summed E-state index contributed by atoms with van der Waals surface area (Å²) in [6.45, 7) is 2.36. The van der Waals surface area contributed by atoms with Gasteiger partial charge in [-0.15, -0.1) is 0 Å². The number of ether oxygens (including phenoxy) is 2. The number of hydrogen-bond donors (Lipinski definition) is 1. The Morgan fingerprint density at radius 3 is 2.28 bits per heavy atom. The number of hydrogen-bond acceptors (Lipinski definition) is 3. The summed E-state index contributed by atoms with van der Waals surface area (Å²) >= 11 is 12.2. The molecule has 1 heterocycles. The minimum atomic E-state index is 0.0690. The van der Waals surface area contributed by atoms with Crippen LogP contribution >= 0.6 is 23.2 Å². The summed E-state index contributed by atoms with van der Waals surface area (Å²) in [6.07, 6.45) is 3.68. The van der Waals surface area contributed by atoms with E-state index < -0.39 is 0 Å². The van der Waals surface area contributed by atoms with Crippen molar-refractivity contribution in [3.63, 3.8) is 0 Å². The van der Waals surface area contributed by atoms with E-state index in [1.165, 1.54) is 12.0 Å². The number of halogens is 2. The number of rotatable bonds is 6. The van der Waals surface area contributed by atoms with E-state index >= 15 is 0 Å². The molecule has 132 valence electrons. The van der Waals surface area contributed by atoms with Crippen LogP contribution in [0.15, 0.2) is 42.5 Å². The van der Waals surface area contributed by atoms with Gasteiger partial charge in [-0.25, -0.2) is 0 Å². The van der Waals surface area contributed by atoms with Gasteiger partial charge in [0.25, 0.3) is 0 Å². The van der Waals surface area contributed by atoms with Gasteiger partial charge in [0.2, 0.25) is 0 Å². The van der Waals surface area contributed by atoms with E-state index in [4.69, 9.17) is 32.7 Å². The maximum Gasteiger partial charge on any atom is 0.163 e. The molecule has 1 aliphatic carbocycles. The molecule has 0 spiro atoms. The smallest absolute Gasteiger partial charge is 0.163 e. The van der Waals surface area contributed by atoms with Crippen molar-refractivity contribution in [3.05, 3.63) is 58.1 Å². The van der Waals surface area contributed by atoms with E-state index in [1.54, 1.807) is 0 Å². The molecular weight excluding hydrogens is 357 g/mol. The molecule has 0 bridgehead atoms. The second kappa shape index (κ2) is 7.06. The zero-order valence-electron chi connectivity index (χ0n) is 13.9. The van der Waals surface area contributed by atoms with Crippen LogP contribution in [0.5, 0.6) is 11.5 Å². The molecule has 0 radical (unpaired) electrons. The lowest BCUT2D eigenvalue weighted by molar-refractivity contribution is 0.114. The largest absolute Gasteiger partial charge is 0.489 e. The molecule has 1 N–H and O–H groups in total. The Bertz CT molecular complexity index is 740. The fourth-order valence-electron chi connectivity index (χ4n) is 3.36. The van der Waals surface area contributed by atoms with Crippen LogP contribution in [0.3, 0.4) is 0 Å². The molecule has 0 unspecified atom stereocenters. The second-order valence-corrected chi connectivity index (χ2v) is 7.79. The second-order valence-electron chi connectivity index (χ2n) is 6.92. The van der Waals surface area contributed by atoms with E-state index in [1.807, 2.05) is 30.3 Å². The van der Waals surface area contributed by atoms with Crippen LogP contribution in [0.25, 0.3) is 0 Å². The Hall–Kier alpha value is -1.42. The van der Waals surface area contributed by atoms with E-state index in [0.717, 1.165) is 42.5 Å². The molecule has 25 heavy (non-hydrogen) atoms. The van der Waals surface area contributed by atoms with E-state index in [0.29, 0.717) is 11.6 Å². The molecule has 2 aromatic carbocycles. The Labute approximate surface area is 158 Å². The zero-order chi connectivity index (χ0) is 17.3. The molecule has 1 saturated carbocycles. The summed E-state index contributed by atoms with van der Waals surface area (Å²) in [5.74, 6) is 1.49. The first kappa shape index (κ1) is 17.0. The topological polar surface area (TPSA) is 30.5 Å². The molecule has 1 aliphatic heterocycles. The predicted octanol–water partition coefficient (Wildman–Crippen LogP) is 4.84. The predicted molar refractivity (Wildman–Crippen MR) is 101 cm³/mol. The van der Waals surface area contributed by atoms with Crippen molar-refractivity contribution in [1.29, 1.82) is 0 Å². The van der Waals surface area contributed by atoms with Crippen molar-refractivity contribution in [2.45, 2.75) is 30.8 Å². The van der Waals surface area contributed by atoms with Crippen molar-refractivity contribution in [3.8, 4) is 11.5 Å². The maximum absolute atomic E-state index is 6.22. The highest BCUT2D eigenvalue weighted by molar-refractivity contribution is 6.31. The highest BCUT2D eigenvalue weighted by Gasteiger charge is 2.39. The summed E-state index contributed by atoms with van der Waals surface area (Å²) in [6, 6.07) is 13.7. The van der Waals surface area contributed by atoms with Crippen LogP contribution in [-0.2, 0) is 5.41 Å². The summed E-state index contributed by atoms with van der Waals surface area (Å²) in [5, 5.41) is 4.63. The lowest BCUT2D eigenvalue weighted by Gasteiger charge is -2.42. The Morgan fingerprint density at radius 1 is 0.960 bits per heavy atom. The molecule has 3 nitrogen and oxygen atoms in total. The monoisotopic (exact) mass is 377 g/mol. The first-order valence-corrected chi connectivity index (χ1v) is 9.46. The lowest BCUT2D eigenvalue weighted by atomic mass is 9.65. The van der Waals surface area contributed by atoms with Crippen LogP contribution in [0.4, 0.5) is 0 Å². The Morgan fingerprint density at radius 2 is 1.68 bits per heavy atom. The lowest BCUT2D eigenvalue weighted by Crippen LogP contribution is -2.50. The zero-order valence-corrected chi connectivity index (χ0v) is 15.4. The molecule has 4 rings (SSSR count). The minimum absolute atomic E-state index is 0.0690. The van der Waals surface area contributed by atoms with Crippen LogP contribution in [-0.4, -0.2) is 25.8 Å². The van der Waals surface area contributed by atoms with Crippen LogP contribution in [0.2, 0.25) is 10.0 Å². The Kier molecular flexibility index (Phi) is 4.81. The fourth-order valence-corrected chi connectivity index (χ4v) is 3.65. The van der Waals surface area contributed by atoms with E-state index in [2.05, 4.69) is 17.4 Å². The molecule has 1 saturated heterocycles. The molecule has 0 aromatic heterocycles. The van der Waals surface area contributed by atoms with Gasteiger partial charge in [0, 0.05) is 34.6 Å². The van der Waals surface area contributed by atoms with Gasteiger partial charge in [-0.3, -0.25) is 0 Å². The van der Waals surface area contributed by atoms with Crippen molar-refractivity contribution in [2.24, 2.45) is 0 Å². The van der Waals surface area contributed by atoms with Crippen molar-refractivity contribution >= 4 is 23.2 Å². The molecule has 2 aliphatic rings. The number of benzene rings is 2. The third kappa shape index (κ3) is 3.59. The molecule has 0 amide bonds. The standard InChI is InChI=1S/C20H21Cl2NO2/c21-15-4-2-14(3-5-15)20(8-1-9-20)13-24-18-7-6-16(22)10-19(18)25-17-11-23-12-17/h2-7,10,17,23H,1,8-9,11-13H2. The van der Waals surface area contributed by atoms with Gasteiger partial charge in [0.15, 0.2) is 11.5 Å².